The first-order valence-electron chi connectivity index (χ1n) is 8.95. The van der Waals surface area contributed by atoms with Gasteiger partial charge in [-0.1, -0.05) is 6.07 Å². The predicted octanol–water partition coefficient (Wildman–Crippen LogP) is 3.44. The van der Waals surface area contributed by atoms with E-state index in [1.165, 1.54) is 29.5 Å². The van der Waals surface area contributed by atoms with E-state index in [9.17, 15) is 18.0 Å². The van der Waals surface area contributed by atoms with Gasteiger partial charge >= 0.3 is 6.03 Å². The summed E-state index contributed by atoms with van der Waals surface area (Å²) in [6, 6.07) is 2.78. The largest absolute Gasteiger partial charge is 0.333 e. The first kappa shape index (κ1) is 18.2. The third-order valence-electron chi connectivity index (χ3n) is 5.19. The van der Waals surface area contributed by atoms with Crippen LogP contribution in [0.25, 0.3) is 0 Å². The van der Waals surface area contributed by atoms with Crippen molar-refractivity contribution in [3.63, 3.8) is 0 Å². The van der Waals surface area contributed by atoms with Gasteiger partial charge in [-0.3, -0.25) is 4.79 Å². The van der Waals surface area contributed by atoms with E-state index in [1.54, 1.807) is 0 Å². The monoisotopic (exact) mass is 404 g/mol. The molecule has 0 spiro atoms. The van der Waals surface area contributed by atoms with Gasteiger partial charge in [0.05, 0.1) is 0 Å². The maximum atomic E-state index is 12.5. The highest BCUT2D eigenvalue weighted by molar-refractivity contribution is 7.92. The number of hydrogen-bond acceptors (Lipinski definition) is 5. The Morgan fingerprint density at radius 1 is 1.00 bits per heavy atom. The molecule has 0 saturated heterocycles. The van der Waals surface area contributed by atoms with E-state index in [0.717, 1.165) is 66.7 Å². The Bertz CT molecular complexity index is 1020. The molecule has 0 radical (unpaired) electrons. The van der Waals surface area contributed by atoms with E-state index in [-0.39, 0.29) is 9.99 Å². The summed E-state index contributed by atoms with van der Waals surface area (Å²) >= 11 is 0.922. The van der Waals surface area contributed by atoms with Crippen molar-refractivity contribution in [1.82, 2.24) is 4.72 Å². The Morgan fingerprint density at radius 2 is 1.63 bits per heavy atom. The molecule has 27 heavy (non-hydrogen) atoms. The molecule has 1 aromatic heterocycles. The standard InChI is InChI=1S/C19H20N2O4S2/c1-11(22)14-9-17(26-10-14)27(24,25)21-19(23)20-18-15-6-2-4-12(15)8-13-5-3-7-16(13)18/h8-10H,2-7H2,1H3,(H2,20,21,23). The van der Waals surface area contributed by atoms with Gasteiger partial charge in [-0.2, -0.15) is 0 Å². The van der Waals surface area contributed by atoms with Crippen molar-refractivity contribution < 1.29 is 18.0 Å². The smallest absolute Gasteiger partial charge is 0.307 e. The molecule has 0 bridgehead atoms. The summed E-state index contributed by atoms with van der Waals surface area (Å²) in [6.45, 7) is 1.37. The summed E-state index contributed by atoms with van der Waals surface area (Å²) < 4.78 is 27.0. The quantitative estimate of drug-likeness (QED) is 0.764. The van der Waals surface area contributed by atoms with Crippen LogP contribution < -0.4 is 10.0 Å². The predicted molar refractivity (Wildman–Crippen MR) is 104 cm³/mol. The van der Waals surface area contributed by atoms with Gasteiger partial charge in [0.15, 0.2) is 5.78 Å². The lowest BCUT2D eigenvalue weighted by molar-refractivity contribution is 0.101. The van der Waals surface area contributed by atoms with Crippen molar-refractivity contribution >= 4 is 38.9 Å². The fraction of sp³-hybridized carbons (Fsp3) is 0.368. The molecule has 0 atom stereocenters. The van der Waals surface area contributed by atoms with Gasteiger partial charge in [-0.25, -0.2) is 17.9 Å². The van der Waals surface area contributed by atoms with E-state index < -0.39 is 16.1 Å². The van der Waals surface area contributed by atoms with Crippen molar-refractivity contribution in [3.8, 4) is 0 Å². The topological polar surface area (TPSA) is 92.3 Å². The number of anilines is 1. The average molecular weight is 405 g/mol. The summed E-state index contributed by atoms with van der Waals surface area (Å²) in [4.78, 5) is 23.9. The third kappa shape index (κ3) is 3.39. The SMILES string of the molecule is CC(=O)c1csc(S(=O)(=O)NC(=O)Nc2c3c(cc4c2CCC4)CCC3)c1. The molecule has 2 aliphatic carbocycles. The Morgan fingerprint density at radius 3 is 2.19 bits per heavy atom. The normalized spacial score (nSPS) is 15.3. The zero-order valence-corrected chi connectivity index (χ0v) is 16.6. The summed E-state index contributed by atoms with van der Waals surface area (Å²) in [7, 11) is -4.02. The summed E-state index contributed by atoms with van der Waals surface area (Å²) in [6.07, 6.45) is 5.90. The molecule has 0 aliphatic heterocycles. The Labute approximate surface area is 162 Å². The number of aryl methyl sites for hydroxylation is 2. The second-order valence-corrected chi connectivity index (χ2v) is 9.82. The van der Waals surface area contributed by atoms with Crippen LogP contribution in [0.15, 0.2) is 21.7 Å². The zero-order chi connectivity index (χ0) is 19.2. The molecular weight excluding hydrogens is 384 g/mol. The Kier molecular flexibility index (Phi) is 4.55. The molecular formula is C19H20N2O4S2. The van der Waals surface area contributed by atoms with Crippen LogP contribution in [0.2, 0.25) is 0 Å². The molecule has 0 fully saturated rings. The van der Waals surface area contributed by atoms with Crippen LogP contribution in [-0.2, 0) is 35.7 Å². The number of benzene rings is 1. The van der Waals surface area contributed by atoms with Crippen LogP contribution in [0.1, 0.15) is 52.4 Å². The minimum atomic E-state index is -4.02. The molecule has 2 amide bonds. The van der Waals surface area contributed by atoms with Gasteiger partial charge in [0.25, 0.3) is 10.0 Å². The van der Waals surface area contributed by atoms with Crippen LogP contribution in [0.5, 0.6) is 0 Å². The van der Waals surface area contributed by atoms with E-state index in [2.05, 4.69) is 16.1 Å². The molecule has 1 aromatic carbocycles. The molecule has 6 nitrogen and oxygen atoms in total. The van der Waals surface area contributed by atoms with E-state index >= 15 is 0 Å². The molecule has 142 valence electrons. The lowest BCUT2D eigenvalue weighted by Gasteiger charge is -2.16. The molecule has 8 heteroatoms. The molecule has 1 heterocycles. The number of amides is 2. The number of thiophene rings is 1. The number of fused-ring (bicyclic) bond motifs is 2. The van der Waals surface area contributed by atoms with Crippen LogP contribution in [0, 0.1) is 0 Å². The molecule has 2 aromatic rings. The van der Waals surface area contributed by atoms with Gasteiger partial charge in [0.2, 0.25) is 0 Å². The van der Waals surface area contributed by atoms with Crippen LogP contribution in [0.4, 0.5) is 10.5 Å². The highest BCUT2D eigenvalue weighted by Gasteiger charge is 2.27. The maximum Gasteiger partial charge on any atom is 0.333 e. The van der Waals surface area contributed by atoms with Gasteiger partial charge in [0, 0.05) is 16.6 Å². The lowest BCUT2D eigenvalue weighted by Crippen LogP contribution is -2.34. The number of hydrogen-bond donors (Lipinski definition) is 2. The number of sulfonamides is 1. The molecule has 2 aliphatic rings. The first-order chi connectivity index (χ1) is 12.8. The fourth-order valence-corrected chi connectivity index (χ4v) is 6.05. The second kappa shape index (κ2) is 6.76. The number of Topliss-reactive ketones (excluding diaryl/α,β-unsaturated/α-hetero) is 1. The summed E-state index contributed by atoms with van der Waals surface area (Å²) in [5.41, 5.74) is 5.91. The highest BCUT2D eigenvalue weighted by Crippen LogP contribution is 2.38. The van der Waals surface area contributed by atoms with Crippen LogP contribution >= 0.6 is 11.3 Å². The van der Waals surface area contributed by atoms with Crippen molar-refractivity contribution in [2.45, 2.75) is 49.7 Å². The minimum Gasteiger partial charge on any atom is -0.307 e. The zero-order valence-electron chi connectivity index (χ0n) is 14.9. The molecule has 4 rings (SSSR count). The van der Waals surface area contributed by atoms with Crippen molar-refractivity contribution in [3.05, 3.63) is 45.3 Å². The number of carbonyl (C=O) groups excluding carboxylic acids is 2. The average Bonchev–Trinajstić information content (AvgIpc) is 3.34. The van der Waals surface area contributed by atoms with Crippen molar-refractivity contribution in [1.29, 1.82) is 0 Å². The maximum absolute atomic E-state index is 12.5. The number of carbonyl (C=O) groups is 2. The minimum absolute atomic E-state index is 0.0497. The van der Waals surface area contributed by atoms with Gasteiger partial charge in [-0.15, -0.1) is 11.3 Å². The number of rotatable bonds is 4. The van der Waals surface area contributed by atoms with E-state index in [0.29, 0.717) is 5.56 Å². The van der Waals surface area contributed by atoms with Crippen LogP contribution in [0.3, 0.4) is 0 Å². The van der Waals surface area contributed by atoms with Gasteiger partial charge < -0.3 is 5.32 Å². The Hall–Kier alpha value is -2.19. The highest BCUT2D eigenvalue weighted by atomic mass is 32.2. The summed E-state index contributed by atoms with van der Waals surface area (Å²) in [5.74, 6) is -0.215. The van der Waals surface area contributed by atoms with Crippen molar-refractivity contribution in [2.24, 2.45) is 0 Å². The van der Waals surface area contributed by atoms with E-state index in [1.807, 2.05) is 0 Å². The fourth-order valence-electron chi connectivity index (χ4n) is 3.92. The number of ketones is 1. The van der Waals surface area contributed by atoms with Gasteiger partial charge in [0.1, 0.15) is 4.21 Å². The molecule has 0 saturated carbocycles. The van der Waals surface area contributed by atoms with Gasteiger partial charge in [-0.05, 0) is 73.8 Å². The van der Waals surface area contributed by atoms with E-state index in [4.69, 9.17) is 0 Å². The number of nitrogens with one attached hydrogen (secondary N) is 2. The lowest BCUT2D eigenvalue weighted by atomic mass is 9.99. The number of urea groups is 1. The third-order valence-corrected chi connectivity index (χ3v) is 7.96. The molecule has 2 N–H and O–H groups in total. The second-order valence-electron chi connectivity index (χ2n) is 7.00. The van der Waals surface area contributed by atoms with Crippen LogP contribution in [-0.4, -0.2) is 20.2 Å². The first-order valence-corrected chi connectivity index (χ1v) is 11.3. The summed E-state index contributed by atoms with van der Waals surface area (Å²) in [5, 5.41) is 4.28. The van der Waals surface area contributed by atoms with Crippen molar-refractivity contribution in [2.75, 3.05) is 5.32 Å². The molecule has 0 unspecified atom stereocenters. The Balaban J connectivity index is 1.57.